The first kappa shape index (κ1) is 17.8. The van der Waals surface area contributed by atoms with E-state index in [1.165, 1.54) is 4.80 Å². The largest absolute Gasteiger partial charge is 0.324 e. The van der Waals surface area contributed by atoms with Gasteiger partial charge in [-0.15, -0.1) is 10.2 Å². The van der Waals surface area contributed by atoms with Crippen molar-refractivity contribution in [3.8, 4) is 11.4 Å². The van der Waals surface area contributed by atoms with E-state index in [4.69, 9.17) is 0 Å². The van der Waals surface area contributed by atoms with Crippen LogP contribution in [0.2, 0.25) is 0 Å². The van der Waals surface area contributed by atoms with Gasteiger partial charge in [-0.2, -0.15) is 4.80 Å². The number of nitrogens with zero attached hydrogens (tertiary/aromatic N) is 4. The number of para-hydroxylation sites is 1. The molecule has 0 aliphatic rings. The zero-order chi connectivity index (χ0) is 18.7. The maximum Gasteiger partial charge on any atom is 0.250 e. The summed E-state index contributed by atoms with van der Waals surface area (Å²) < 4.78 is 0. The smallest absolute Gasteiger partial charge is 0.250 e. The summed E-state index contributed by atoms with van der Waals surface area (Å²) in [6.07, 6.45) is 0. The first-order valence-corrected chi connectivity index (χ1v) is 8.72. The Hall–Kier alpha value is -3.02. The summed E-state index contributed by atoms with van der Waals surface area (Å²) >= 11 is 0. The maximum absolute atomic E-state index is 12.7. The van der Waals surface area contributed by atoms with Gasteiger partial charge in [0, 0.05) is 11.3 Å². The van der Waals surface area contributed by atoms with Gasteiger partial charge in [0.15, 0.2) is 0 Å². The van der Waals surface area contributed by atoms with Gasteiger partial charge in [-0.1, -0.05) is 62.4 Å². The van der Waals surface area contributed by atoms with Gasteiger partial charge in [-0.3, -0.25) is 4.79 Å². The second-order valence-corrected chi connectivity index (χ2v) is 6.66. The van der Waals surface area contributed by atoms with Crippen molar-refractivity contribution in [1.82, 2.24) is 20.2 Å². The van der Waals surface area contributed by atoms with Crippen molar-refractivity contribution in [2.45, 2.75) is 39.7 Å². The van der Waals surface area contributed by atoms with Crippen LogP contribution in [0.4, 0.5) is 5.69 Å². The highest BCUT2D eigenvalue weighted by Gasteiger charge is 2.21. The number of nitrogens with one attached hydrogen (secondary N) is 1. The number of tetrazole rings is 1. The van der Waals surface area contributed by atoms with E-state index in [-0.39, 0.29) is 5.91 Å². The lowest BCUT2D eigenvalue weighted by molar-refractivity contribution is -0.119. The average molecular weight is 349 g/mol. The second kappa shape index (κ2) is 7.47. The van der Waals surface area contributed by atoms with Gasteiger partial charge in [0.25, 0.3) is 5.91 Å². The molecular formula is C20H23N5O. The predicted octanol–water partition coefficient (Wildman–Crippen LogP) is 3.97. The summed E-state index contributed by atoms with van der Waals surface area (Å²) in [5, 5.41) is 15.5. The van der Waals surface area contributed by atoms with E-state index in [1.807, 2.05) is 55.5 Å². The Labute approximate surface area is 153 Å². The molecule has 1 aromatic heterocycles. The molecule has 6 heteroatoms. The molecule has 0 aliphatic heterocycles. The molecule has 1 heterocycles. The van der Waals surface area contributed by atoms with E-state index >= 15 is 0 Å². The van der Waals surface area contributed by atoms with Crippen LogP contribution < -0.4 is 5.32 Å². The summed E-state index contributed by atoms with van der Waals surface area (Å²) in [7, 11) is 0. The van der Waals surface area contributed by atoms with E-state index in [2.05, 4.69) is 34.6 Å². The number of amides is 1. The van der Waals surface area contributed by atoms with Crippen LogP contribution in [0.5, 0.6) is 0 Å². The molecule has 0 saturated heterocycles. The van der Waals surface area contributed by atoms with Crippen LogP contribution in [0, 0.1) is 6.92 Å². The van der Waals surface area contributed by atoms with Crippen molar-refractivity contribution in [1.29, 1.82) is 0 Å². The molecule has 1 atom stereocenters. The minimum Gasteiger partial charge on any atom is -0.324 e. The molecule has 1 unspecified atom stereocenters. The maximum atomic E-state index is 12.7. The van der Waals surface area contributed by atoms with Gasteiger partial charge in [0.1, 0.15) is 6.04 Å². The van der Waals surface area contributed by atoms with Gasteiger partial charge in [-0.05, 0) is 36.1 Å². The normalized spacial score (nSPS) is 12.2. The number of hydrogen-bond acceptors (Lipinski definition) is 4. The third kappa shape index (κ3) is 3.64. The van der Waals surface area contributed by atoms with Crippen LogP contribution in [-0.4, -0.2) is 26.1 Å². The van der Waals surface area contributed by atoms with E-state index in [9.17, 15) is 4.79 Å². The minimum absolute atomic E-state index is 0.168. The van der Waals surface area contributed by atoms with Crippen LogP contribution in [0.15, 0.2) is 48.5 Å². The molecule has 1 N–H and O–H groups in total. The van der Waals surface area contributed by atoms with Gasteiger partial charge in [0.05, 0.1) is 0 Å². The first-order chi connectivity index (χ1) is 12.5. The van der Waals surface area contributed by atoms with Gasteiger partial charge in [-0.25, -0.2) is 0 Å². The molecule has 134 valence electrons. The molecule has 3 rings (SSSR count). The molecule has 0 saturated carbocycles. The molecule has 0 bridgehead atoms. The van der Waals surface area contributed by atoms with E-state index in [0.29, 0.717) is 11.7 Å². The van der Waals surface area contributed by atoms with Crippen molar-refractivity contribution < 1.29 is 4.79 Å². The molecule has 2 aromatic carbocycles. The Kier molecular flexibility index (Phi) is 5.11. The van der Waals surface area contributed by atoms with Gasteiger partial charge in [0.2, 0.25) is 5.82 Å². The molecule has 0 spiro atoms. The fourth-order valence-electron chi connectivity index (χ4n) is 2.77. The number of carbonyl (C=O) groups is 1. The number of rotatable bonds is 5. The molecule has 6 nitrogen and oxygen atoms in total. The fraction of sp³-hybridized carbons (Fsp3) is 0.300. The number of hydrogen-bond donors (Lipinski definition) is 1. The zero-order valence-electron chi connectivity index (χ0n) is 15.5. The molecule has 0 fully saturated rings. The van der Waals surface area contributed by atoms with E-state index in [0.717, 1.165) is 22.4 Å². The third-order valence-electron chi connectivity index (χ3n) is 4.36. The Balaban J connectivity index is 1.80. The van der Waals surface area contributed by atoms with Crippen LogP contribution in [-0.2, 0) is 4.79 Å². The number of aryl methyl sites for hydroxylation is 1. The molecule has 1 amide bonds. The van der Waals surface area contributed by atoms with Crippen LogP contribution in [0.25, 0.3) is 11.4 Å². The monoisotopic (exact) mass is 349 g/mol. The Morgan fingerprint density at radius 2 is 1.77 bits per heavy atom. The van der Waals surface area contributed by atoms with E-state index in [1.54, 1.807) is 6.92 Å². The Bertz CT molecular complexity index is 902. The van der Waals surface area contributed by atoms with E-state index < -0.39 is 6.04 Å². The zero-order valence-corrected chi connectivity index (χ0v) is 15.5. The van der Waals surface area contributed by atoms with Crippen molar-refractivity contribution >= 4 is 11.6 Å². The number of benzene rings is 2. The lowest BCUT2D eigenvalue weighted by atomic mass is 9.98. The number of aromatic nitrogens is 4. The summed E-state index contributed by atoms with van der Waals surface area (Å²) in [4.78, 5) is 14.1. The van der Waals surface area contributed by atoms with Gasteiger partial charge >= 0.3 is 0 Å². The molecule has 0 radical (unpaired) electrons. The van der Waals surface area contributed by atoms with Crippen LogP contribution in [0.1, 0.15) is 43.9 Å². The van der Waals surface area contributed by atoms with Crippen molar-refractivity contribution in [3.63, 3.8) is 0 Å². The van der Waals surface area contributed by atoms with Crippen LogP contribution >= 0.6 is 0 Å². The summed E-state index contributed by atoms with van der Waals surface area (Å²) in [6, 6.07) is 15.1. The third-order valence-corrected chi connectivity index (χ3v) is 4.36. The number of carbonyl (C=O) groups excluding carboxylic acids is 1. The predicted molar refractivity (Wildman–Crippen MR) is 102 cm³/mol. The lowest BCUT2D eigenvalue weighted by Crippen LogP contribution is -2.26. The van der Waals surface area contributed by atoms with Crippen molar-refractivity contribution in [3.05, 3.63) is 59.7 Å². The van der Waals surface area contributed by atoms with Crippen molar-refractivity contribution in [2.75, 3.05) is 5.32 Å². The van der Waals surface area contributed by atoms with Crippen LogP contribution in [0.3, 0.4) is 0 Å². The summed E-state index contributed by atoms with van der Waals surface area (Å²) in [5.41, 5.74) is 3.88. The SMILES string of the molecule is Cc1cccc(C(C)C)c1NC(=O)C(C)n1nnc(-c2ccccc2)n1. The highest BCUT2D eigenvalue weighted by molar-refractivity contribution is 5.94. The fourth-order valence-corrected chi connectivity index (χ4v) is 2.77. The average Bonchev–Trinajstić information content (AvgIpc) is 3.13. The Morgan fingerprint density at radius 1 is 1.04 bits per heavy atom. The summed E-state index contributed by atoms with van der Waals surface area (Å²) in [6.45, 7) is 7.98. The molecular weight excluding hydrogens is 326 g/mol. The molecule has 26 heavy (non-hydrogen) atoms. The Morgan fingerprint density at radius 3 is 2.46 bits per heavy atom. The van der Waals surface area contributed by atoms with Crippen molar-refractivity contribution in [2.24, 2.45) is 0 Å². The number of anilines is 1. The highest BCUT2D eigenvalue weighted by atomic mass is 16.2. The minimum atomic E-state index is -0.570. The molecule has 3 aromatic rings. The second-order valence-electron chi connectivity index (χ2n) is 6.66. The standard InChI is InChI=1S/C20H23N5O/c1-13(2)17-12-8-9-14(3)18(17)21-20(26)15(4)25-23-19(22-24-25)16-10-6-5-7-11-16/h5-13,15H,1-4H3,(H,21,26). The first-order valence-electron chi connectivity index (χ1n) is 8.72. The summed E-state index contributed by atoms with van der Waals surface area (Å²) in [5.74, 6) is 0.650. The van der Waals surface area contributed by atoms with Gasteiger partial charge < -0.3 is 5.32 Å². The molecule has 0 aliphatic carbocycles. The topological polar surface area (TPSA) is 72.7 Å². The highest BCUT2D eigenvalue weighted by Crippen LogP contribution is 2.28. The lowest BCUT2D eigenvalue weighted by Gasteiger charge is -2.18. The quantitative estimate of drug-likeness (QED) is 0.756.